The summed E-state index contributed by atoms with van der Waals surface area (Å²) in [5, 5.41) is 9.59. The van der Waals surface area contributed by atoms with Gasteiger partial charge in [0, 0.05) is 17.3 Å². The van der Waals surface area contributed by atoms with Crippen molar-refractivity contribution in [3.8, 4) is 0 Å². The molecule has 0 amide bonds. The number of nitrogens with zero attached hydrogens (tertiary/aromatic N) is 2. The van der Waals surface area contributed by atoms with E-state index in [0.717, 1.165) is 33.6 Å². The first kappa shape index (κ1) is 15.6. The predicted octanol–water partition coefficient (Wildman–Crippen LogP) is 3.93. The Hall–Kier alpha value is -1.24. The van der Waals surface area contributed by atoms with E-state index >= 15 is 0 Å². The van der Waals surface area contributed by atoms with Crippen molar-refractivity contribution in [3.05, 3.63) is 50.9 Å². The van der Waals surface area contributed by atoms with E-state index in [4.69, 9.17) is 0 Å². The molecule has 2 aromatic heterocycles. The summed E-state index contributed by atoms with van der Waals surface area (Å²) in [6.07, 6.45) is 6.30. The largest absolute Gasteiger partial charge is 0.480 e. The van der Waals surface area contributed by atoms with Gasteiger partial charge in [0.15, 0.2) is 0 Å². The number of piperidine rings is 1. The van der Waals surface area contributed by atoms with Gasteiger partial charge in [-0.2, -0.15) is 0 Å². The smallest absolute Gasteiger partial charge is 0.320 e. The Morgan fingerprint density at radius 2 is 2.27 bits per heavy atom. The first-order valence-corrected chi connectivity index (χ1v) is 8.91. The van der Waals surface area contributed by atoms with Gasteiger partial charge in [0.05, 0.1) is 9.83 Å². The molecule has 4 nitrogen and oxygen atoms in total. The van der Waals surface area contributed by atoms with Gasteiger partial charge < -0.3 is 5.11 Å². The lowest BCUT2D eigenvalue weighted by molar-refractivity contribution is -0.145. The lowest BCUT2D eigenvalue weighted by Crippen LogP contribution is -2.46. The third-order valence-corrected chi connectivity index (χ3v) is 5.70. The number of hydrogen-bond acceptors (Lipinski definition) is 4. The van der Waals surface area contributed by atoms with E-state index in [-0.39, 0.29) is 6.04 Å². The minimum absolute atomic E-state index is 0.0496. The standard InChI is InChI=1S/C16H17BrN2O2S/c17-14-7-6-13(22-14)15(11-4-3-8-18-10-11)19-9-2-1-5-12(19)16(20)21/h3-4,6-8,10,12,15H,1-2,5,9H2,(H,20,21). The summed E-state index contributed by atoms with van der Waals surface area (Å²) in [5.41, 5.74) is 1.05. The van der Waals surface area contributed by atoms with Crippen LogP contribution in [0.4, 0.5) is 0 Å². The zero-order chi connectivity index (χ0) is 15.5. The van der Waals surface area contributed by atoms with E-state index in [0.29, 0.717) is 6.42 Å². The summed E-state index contributed by atoms with van der Waals surface area (Å²) in [4.78, 5) is 19.2. The second-order valence-electron chi connectivity index (χ2n) is 5.42. The van der Waals surface area contributed by atoms with Crippen LogP contribution in [-0.2, 0) is 4.79 Å². The average Bonchev–Trinajstić information content (AvgIpc) is 2.95. The molecule has 116 valence electrons. The molecule has 2 unspecified atom stereocenters. The van der Waals surface area contributed by atoms with Crippen LogP contribution >= 0.6 is 27.3 Å². The Balaban J connectivity index is 2.02. The van der Waals surface area contributed by atoms with E-state index in [1.807, 2.05) is 24.4 Å². The molecule has 1 N–H and O–H groups in total. The highest BCUT2D eigenvalue weighted by Gasteiger charge is 2.35. The number of rotatable bonds is 4. The summed E-state index contributed by atoms with van der Waals surface area (Å²) in [7, 11) is 0. The number of likely N-dealkylation sites (tertiary alicyclic amines) is 1. The van der Waals surface area contributed by atoms with Gasteiger partial charge in [-0.15, -0.1) is 11.3 Å². The summed E-state index contributed by atoms with van der Waals surface area (Å²) < 4.78 is 1.06. The highest BCUT2D eigenvalue weighted by molar-refractivity contribution is 9.11. The Labute approximate surface area is 141 Å². The maximum atomic E-state index is 11.7. The number of aromatic nitrogens is 1. The third-order valence-electron chi connectivity index (χ3n) is 4.02. The van der Waals surface area contributed by atoms with Gasteiger partial charge >= 0.3 is 5.97 Å². The number of aliphatic carboxylic acids is 1. The van der Waals surface area contributed by atoms with E-state index in [1.54, 1.807) is 17.5 Å². The highest BCUT2D eigenvalue weighted by atomic mass is 79.9. The quantitative estimate of drug-likeness (QED) is 0.872. The molecule has 3 rings (SSSR count). The Bertz CT molecular complexity index is 647. The Kier molecular flexibility index (Phi) is 4.90. The minimum Gasteiger partial charge on any atom is -0.480 e. The molecule has 1 saturated heterocycles. The molecule has 2 atom stereocenters. The number of thiophene rings is 1. The predicted molar refractivity (Wildman–Crippen MR) is 90.1 cm³/mol. The number of carboxylic acids is 1. The van der Waals surface area contributed by atoms with Gasteiger partial charge in [-0.25, -0.2) is 0 Å². The zero-order valence-corrected chi connectivity index (χ0v) is 14.4. The number of carboxylic acid groups (broad SMARTS) is 1. The van der Waals surface area contributed by atoms with Crippen molar-refractivity contribution in [2.24, 2.45) is 0 Å². The molecule has 0 saturated carbocycles. The monoisotopic (exact) mass is 380 g/mol. The van der Waals surface area contributed by atoms with Crippen molar-refractivity contribution in [1.29, 1.82) is 0 Å². The van der Waals surface area contributed by atoms with Crippen molar-refractivity contribution in [2.45, 2.75) is 31.3 Å². The average molecular weight is 381 g/mol. The van der Waals surface area contributed by atoms with E-state index in [2.05, 4.69) is 31.9 Å². The molecule has 6 heteroatoms. The van der Waals surface area contributed by atoms with Crippen molar-refractivity contribution in [1.82, 2.24) is 9.88 Å². The van der Waals surface area contributed by atoms with Crippen molar-refractivity contribution >= 4 is 33.2 Å². The second-order valence-corrected chi connectivity index (χ2v) is 7.91. The molecule has 1 aliphatic heterocycles. The van der Waals surface area contributed by atoms with Crippen LogP contribution < -0.4 is 0 Å². The fourth-order valence-electron chi connectivity index (χ4n) is 3.06. The first-order chi connectivity index (χ1) is 10.7. The van der Waals surface area contributed by atoms with Crippen molar-refractivity contribution < 1.29 is 9.90 Å². The Morgan fingerprint density at radius 1 is 1.41 bits per heavy atom. The fraction of sp³-hybridized carbons (Fsp3) is 0.375. The molecule has 1 fully saturated rings. The molecule has 0 radical (unpaired) electrons. The SMILES string of the molecule is O=C(O)C1CCCCN1C(c1cccnc1)c1ccc(Br)s1. The van der Waals surface area contributed by atoms with E-state index in [1.165, 1.54) is 0 Å². The number of halogens is 1. The normalized spacial score (nSPS) is 20.7. The number of carbonyl (C=O) groups is 1. The summed E-state index contributed by atoms with van der Waals surface area (Å²) in [6, 6.07) is 7.54. The molecular weight excluding hydrogens is 364 g/mol. The van der Waals surface area contributed by atoms with Crippen LogP contribution in [0.25, 0.3) is 0 Å². The van der Waals surface area contributed by atoms with Gasteiger partial charge in [0.1, 0.15) is 6.04 Å². The van der Waals surface area contributed by atoms with Gasteiger partial charge in [-0.3, -0.25) is 14.7 Å². The molecule has 0 aromatic carbocycles. The topological polar surface area (TPSA) is 53.4 Å². The van der Waals surface area contributed by atoms with Crippen LogP contribution in [0, 0.1) is 0 Å². The Morgan fingerprint density at radius 3 is 2.91 bits per heavy atom. The van der Waals surface area contributed by atoms with Crippen LogP contribution in [0.5, 0.6) is 0 Å². The van der Waals surface area contributed by atoms with Crippen LogP contribution in [0.2, 0.25) is 0 Å². The summed E-state index contributed by atoms with van der Waals surface area (Å²) >= 11 is 5.16. The molecule has 3 heterocycles. The van der Waals surface area contributed by atoms with E-state index in [9.17, 15) is 9.90 Å². The van der Waals surface area contributed by atoms with Gasteiger partial charge in [-0.05, 0) is 59.1 Å². The zero-order valence-electron chi connectivity index (χ0n) is 12.0. The molecule has 1 aliphatic rings. The second kappa shape index (κ2) is 6.89. The van der Waals surface area contributed by atoms with Crippen LogP contribution in [0.1, 0.15) is 35.7 Å². The molecule has 0 aliphatic carbocycles. The lowest BCUT2D eigenvalue weighted by atomic mass is 9.96. The van der Waals surface area contributed by atoms with Crippen molar-refractivity contribution in [3.63, 3.8) is 0 Å². The molecule has 22 heavy (non-hydrogen) atoms. The minimum atomic E-state index is -0.732. The molecule has 2 aromatic rings. The van der Waals surface area contributed by atoms with Crippen LogP contribution in [0.15, 0.2) is 40.4 Å². The maximum Gasteiger partial charge on any atom is 0.320 e. The van der Waals surface area contributed by atoms with Gasteiger partial charge in [-0.1, -0.05) is 12.5 Å². The lowest BCUT2D eigenvalue weighted by Gasteiger charge is -2.38. The number of hydrogen-bond donors (Lipinski definition) is 1. The fourth-order valence-corrected chi connectivity index (χ4v) is 4.63. The number of pyridine rings is 1. The van der Waals surface area contributed by atoms with Crippen LogP contribution in [-0.4, -0.2) is 33.5 Å². The van der Waals surface area contributed by atoms with Gasteiger partial charge in [0.2, 0.25) is 0 Å². The molecular formula is C16H17BrN2O2S. The summed E-state index contributed by atoms with van der Waals surface area (Å²) in [6.45, 7) is 0.798. The van der Waals surface area contributed by atoms with Crippen LogP contribution in [0.3, 0.4) is 0 Å². The van der Waals surface area contributed by atoms with Gasteiger partial charge in [0.25, 0.3) is 0 Å². The third kappa shape index (κ3) is 3.24. The molecule has 0 bridgehead atoms. The van der Waals surface area contributed by atoms with Crippen molar-refractivity contribution in [2.75, 3.05) is 6.54 Å². The maximum absolute atomic E-state index is 11.7. The summed E-state index contributed by atoms with van der Waals surface area (Å²) in [5.74, 6) is -0.732. The van der Waals surface area contributed by atoms with E-state index < -0.39 is 12.0 Å². The first-order valence-electron chi connectivity index (χ1n) is 7.30. The highest BCUT2D eigenvalue weighted by Crippen LogP contribution is 2.38. The molecule has 0 spiro atoms.